The van der Waals surface area contributed by atoms with Gasteiger partial charge in [0.2, 0.25) is 0 Å². The van der Waals surface area contributed by atoms with Gasteiger partial charge in [0.15, 0.2) is 11.6 Å². The fourth-order valence-electron chi connectivity index (χ4n) is 3.80. The van der Waals surface area contributed by atoms with Crippen LogP contribution in [0.1, 0.15) is 22.3 Å². The number of rotatable bonds is 3. The number of methoxy groups -OCH3 is 1. The van der Waals surface area contributed by atoms with Gasteiger partial charge in [0, 0.05) is 18.5 Å². The number of carbonyl (C=O) groups excluding carboxylic acids is 1. The van der Waals surface area contributed by atoms with E-state index in [9.17, 15) is 13.6 Å². The number of benzene rings is 2. The minimum absolute atomic E-state index is 0.0208. The normalized spacial score (nSPS) is 24.6. The molecule has 0 aromatic heterocycles. The minimum Gasteiger partial charge on any atom is -0.494 e. The molecular weight excluding hydrogens is 356 g/mol. The zero-order chi connectivity index (χ0) is 19.0. The van der Waals surface area contributed by atoms with Crippen molar-refractivity contribution in [1.82, 2.24) is 4.90 Å². The maximum atomic E-state index is 13.7. The van der Waals surface area contributed by atoms with Gasteiger partial charge in [0.1, 0.15) is 24.3 Å². The number of piperidine rings is 1. The number of halogens is 2. The Kier molecular flexibility index (Phi) is 4.57. The molecule has 5 nitrogen and oxygen atoms in total. The van der Waals surface area contributed by atoms with E-state index >= 15 is 0 Å². The molecule has 0 aliphatic carbocycles. The van der Waals surface area contributed by atoms with Crippen LogP contribution in [0.2, 0.25) is 0 Å². The highest BCUT2D eigenvalue weighted by Gasteiger charge is 2.51. The van der Waals surface area contributed by atoms with Crippen LogP contribution in [-0.2, 0) is 15.1 Å². The molecule has 2 aromatic rings. The second kappa shape index (κ2) is 6.90. The largest absolute Gasteiger partial charge is 0.494 e. The average molecular weight is 375 g/mol. The number of nitrogens with zero attached hydrogens (tertiary/aromatic N) is 1. The zero-order valence-electron chi connectivity index (χ0n) is 14.8. The molecule has 1 unspecified atom stereocenters. The lowest BCUT2D eigenvalue weighted by Gasteiger charge is -2.42. The van der Waals surface area contributed by atoms with Crippen molar-refractivity contribution in [3.63, 3.8) is 0 Å². The third-order valence-corrected chi connectivity index (χ3v) is 5.24. The van der Waals surface area contributed by atoms with Gasteiger partial charge in [-0.3, -0.25) is 4.79 Å². The molecule has 2 heterocycles. The molecule has 2 aliphatic heterocycles. The third-order valence-electron chi connectivity index (χ3n) is 5.24. The van der Waals surface area contributed by atoms with Crippen molar-refractivity contribution in [1.29, 1.82) is 0 Å². The summed E-state index contributed by atoms with van der Waals surface area (Å²) < 4.78 is 43.8. The number of hydrogen-bond donors (Lipinski definition) is 0. The topological polar surface area (TPSA) is 48.0 Å². The molecule has 0 bridgehead atoms. The number of carbonyl (C=O) groups is 1. The van der Waals surface area contributed by atoms with E-state index in [0.717, 1.165) is 0 Å². The maximum absolute atomic E-state index is 13.7. The van der Waals surface area contributed by atoms with E-state index in [1.165, 1.54) is 37.4 Å². The van der Waals surface area contributed by atoms with Gasteiger partial charge in [-0.15, -0.1) is 0 Å². The Balaban J connectivity index is 1.57. The van der Waals surface area contributed by atoms with E-state index in [4.69, 9.17) is 14.2 Å². The number of hydrogen-bond acceptors (Lipinski definition) is 4. The summed E-state index contributed by atoms with van der Waals surface area (Å²) in [6, 6.07) is 10.3. The zero-order valence-corrected chi connectivity index (χ0v) is 14.8. The fourth-order valence-corrected chi connectivity index (χ4v) is 3.80. The average Bonchev–Trinajstić information content (AvgIpc) is 3.12. The molecule has 0 saturated carbocycles. The van der Waals surface area contributed by atoms with Crippen LogP contribution in [0.15, 0.2) is 42.5 Å². The van der Waals surface area contributed by atoms with Crippen molar-refractivity contribution in [2.75, 3.05) is 27.0 Å². The molecule has 27 heavy (non-hydrogen) atoms. The highest BCUT2D eigenvalue weighted by atomic mass is 19.1. The van der Waals surface area contributed by atoms with Gasteiger partial charge in [-0.25, -0.2) is 8.78 Å². The first-order chi connectivity index (χ1) is 13.0. The molecule has 4 rings (SSSR count). The first-order valence-electron chi connectivity index (χ1n) is 8.68. The summed E-state index contributed by atoms with van der Waals surface area (Å²) in [5.41, 5.74) is 0.283. The Labute approximate surface area is 155 Å². The van der Waals surface area contributed by atoms with Crippen molar-refractivity contribution in [2.24, 2.45) is 0 Å². The lowest BCUT2D eigenvalue weighted by atomic mass is 9.82. The standard InChI is InChI=1S/C20H19F2NO4/c1-25-17-9-13(5-6-16(17)22)19(24)23-8-7-20(18(11-23)26-12-27-20)14-3-2-4-15(21)10-14/h2-6,9-10,18H,7-8,11-12H2,1H3/t18?,20-/m1/s1. The summed E-state index contributed by atoms with van der Waals surface area (Å²) in [6.07, 6.45) is 0.0740. The second-order valence-electron chi connectivity index (χ2n) is 6.67. The van der Waals surface area contributed by atoms with E-state index < -0.39 is 17.5 Å². The number of fused-ring (bicyclic) bond motifs is 1. The van der Waals surface area contributed by atoms with Gasteiger partial charge >= 0.3 is 0 Å². The Morgan fingerprint density at radius 1 is 1.26 bits per heavy atom. The van der Waals surface area contributed by atoms with Gasteiger partial charge in [-0.2, -0.15) is 0 Å². The van der Waals surface area contributed by atoms with E-state index in [1.54, 1.807) is 11.0 Å². The van der Waals surface area contributed by atoms with Gasteiger partial charge in [0.25, 0.3) is 5.91 Å². The van der Waals surface area contributed by atoms with Crippen molar-refractivity contribution in [3.8, 4) is 5.75 Å². The molecule has 2 fully saturated rings. The quantitative estimate of drug-likeness (QED) is 0.827. The van der Waals surface area contributed by atoms with E-state index in [2.05, 4.69) is 0 Å². The molecule has 0 spiro atoms. The van der Waals surface area contributed by atoms with Crippen LogP contribution in [0, 0.1) is 11.6 Å². The molecule has 2 aromatic carbocycles. The van der Waals surface area contributed by atoms with Crippen LogP contribution >= 0.6 is 0 Å². The van der Waals surface area contributed by atoms with Gasteiger partial charge < -0.3 is 19.1 Å². The molecule has 142 valence electrons. The lowest BCUT2D eigenvalue weighted by molar-refractivity contribution is -0.0441. The second-order valence-corrected chi connectivity index (χ2v) is 6.67. The predicted molar refractivity (Wildman–Crippen MR) is 92.4 cm³/mol. The lowest BCUT2D eigenvalue weighted by Crippen LogP contribution is -2.53. The molecule has 2 atom stereocenters. The number of amides is 1. The van der Waals surface area contributed by atoms with Gasteiger partial charge in [0.05, 0.1) is 13.7 Å². The van der Waals surface area contributed by atoms with Crippen LogP contribution in [0.4, 0.5) is 8.78 Å². The summed E-state index contributed by atoms with van der Waals surface area (Å²) in [5, 5.41) is 0. The van der Waals surface area contributed by atoms with Crippen LogP contribution in [0.5, 0.6) is 5.75 Å². The van der Waals surface area contributed by atoms with Crippen molar-refractivity contribution in [3.05, 3.63) is 65.2 Å². The number of likely N-dealkylation sites (tertiary alicyclic amines) is 1. The molecule has 7 heteroatoms. The van der Waals surface area contributed by atoms with Gasteiger partial charge in [-0.05, 0) is 35.9 Å². The van der Waals surface area contributed by atoms with E-state index in [-0.39, 0.29) is 24.3 Å². The smallest absolute Gasteiger partial charge is 0.254 e. The van der Waals surface area contributed by atoms with E-state index in [0.29, 0.717) is 30.6 Å². The Morgan fingerprint density at radius 3 is 2.89 bits per heavy atom. The van der Waals surface area contributed by atoms with Crippen LogP contribution in [0.3, 0.4) is 0 Å². The third kappa shape index (κ3) is 3.07. The monoisotopic (exact) mass is 375 g/mol. The SMILES string of the molecule is COc1cc(C(=O)N2CC[C@]3(c4cccc(F)c4)OCOC3C2)ccc1F. The van der Waals surface area contributed by atoms with Crippen LogP contribution < -0.4 is 4.74 Å². The summed E-state index contributed by atoms with van der Waals surface area (Å²) >= 11 is 0. The first kappa shape index (κ1) is 17.9. The fraction of sp³-hybridized carbons (Fsp3) is 0.350. The van der Waals surface area contributed by atoms with Crippen LogP contribution in [-0.4, -0.2) is 43.9 Å². The predicted octanol–water partition coefficient (Wildman–Crippen LogP) is 3.09. The van der Waals surface area contributed by atoms with Crippen molar-refractivity contribution < 1.29 is 27.8 Å². The Bertz CT molecular complexity index is 875. The molecule has 2 saturated heterocycles. The van der Waals surface area contributed by atoms with Crippen molar-refractivity contribution >= 4 is 5.91 Å². The summed E-state index contributed by atoms with van der Waals surface area (Å²) in [7, 11) is 1.35. The summed E-state index contributed by atoms with van der Waals surface area (Å²) in [5.74, 6) is -1.08. The van der Waals surface area contributed by atoms with Gasteiger partial charge in [-0.1, -0.05) is 12.1 Å². The molecule has 2 aliphatic rings. The van der Waals surface area contributed by atoms with Crippen LogP contribution in [0.25, 0.3) is 0 Å². The van der Waals surface area contributed by atoms with E-state index in [1.807, 2.05) is 6.07 Å². The highest BCUT2D eigenvalue weighted by Crippen LogP contribution is 2.42. The molecule has 0 N–H and O–H groups in total. The number of ether oxygens (including phenoxy) is 3. The Morgan fingerprint density at radius 2 is 2.11 bits per heavy atom. The Hall–Kier alpha value is -2.51. The molecule has 1 amide bonds. The minimum atomic E-state index is -0.765. The maximum Gasteiger partial charge on any atom is 0.254 e. The molecular formula is C20H19F2NO4. The first-order valence-corrected chi connectivity index (χ1v) is 8.68. The summed E-state index contributed by atoms with van der Waals surface area (Å²) in [4.78, 5) is 14.5. The molecule has 0 radical (unpaired) electrons. The van der Waals surface area contributed by atoms with Crippen molar-refractivity contribution in [2.45, 2.75) is 18.1 Å². The summed E-state index contributed by atoms with van der Waals surface area (Å²) in [6.45, 7) is 0.803. The highest BCUT2D eigenvalue weighted by molar-refractivity contribution is 5.94.